The van der Waals surface area contributed by atoms with Crippen LogP contribution in [-0.4, -0.2) is 11.4 Å². The van der Waals surface area contributed by atoms with Gasteiger partial charge in [0.15, 0.2) is 5.12 Å². The molecule has 0 aliphatic heterocycles. The first-order chi connectivity index (χ1) is 6.15. The summed E-state index contributed by atoms with van der Waals surface area (Å²) < 4.78 is 1.04. The van der Waals surface area contributed by atoms with Crippen molar-refractivity contribution in [2.24, 2.45) is 0 Å². The van der Waals surface area contributed by atoms with Gasteiger partial charge in [0.25, 0.3) is 0 Å². The van der Waals surface area contributed by atoms with Crippen molar-refractivity contribution in [2.45, 2.75) is 12.8 Å². The van der Waals surface area contributed by atoms with Crippen molar-refractivity contribution >= 4 is 32.8 Å². The molecule has 0 N–H and O–H groups in total. The van der Waals surface area contributed by atoms with Crippen LogP contribution in [0.3, 0.4) is 0 Å². The lowest BCUT2D eigenvalue weighted by molar-refractivity contribution is -0.111. The maximum Gasteiger partial charge on any atom is 0.195 e. The number of rotatable bonds is 2. The van der Waals surface area contributed by atoms with Gasteiger partial charge in [0, 0.05) is 4.47 Å². The van der Waals surface area contributed by atoms with Crippen LogP contribution in [0.5, 0.6) is 0 Å². The minimum Gasteiger partial charge on any atom is -0.287 e. The molecule has 0 aliphatic rings. The zero-order valence-electron chi connectivity index (χ0n) is 7.58. The third kappa shape index (κ3) is 2.85. The fourth-order valence-electron chi connectivity index (χ4n) is 1.06. The third-order valence-corrected chi connectivity index (χ3v) is 3.21. The van der Waals surface area contributed by atoms with Gasteiger partial charge in [-0.1, -0.05) is 46.7 Å². The molecule has 0 fully saturated rings. The zero-order chi connectivity index (χ0) is 9.84. The lowest BCUT2D eigenvalue weighted by Gasteiger charge is -2.08. The number of hydrogen-bond acceptors (Lipinski definition) is 2. The molecule has 0 aliphatic carbocycles. The Morgan fingerprint density at radius 3 is 2.38 bits per heavy atom. The second-order valence-corrected chi connectivity index (χ2v) is 4.52. The maximum atomic E-state index is 11.3. The molecule has 1 nitrogen and oxygen atoms in total. The topological polar surface area (TPSA) is 17.1 Å². The van der Waals surface area contributed by atoms with Crippen LogP contribution in [0.15, 0.2) is 28.7 Å². The van der Waals surface area contributed by atoms with E-state index in [0.717, 1.165) is 10.0 Å². The van der Waals surface area contributed by atoms with E-state index in [1.165, 1.54) is 11.8 Å². The molecule has 0 heterocycles. The normalized spacial score (nSPS) is 12.5. The summed E-state index contributed by atoms with van der Waals surface area (Å²) in [5.41, 5.74) is 1.07. The van der Waals surface area contributed by atoms with Crippen molar-refractivity contribution in [3.63, 3.8) is 0 Å². The van der Waals surface area contributed by atoms with Gasteiger partial charge in [-0.25, -0.2) is 0 Å². The summed E-state index contributed by atoms with van der Waals surface area (Å²) in [7, 11) is 0. The van der Waals surface area contributed by atoms with Crippen LogP contribution < -0.4 is 0 Å². The Kier molecular flexibility index (Phi) is 4.00. The van der Waals surface area contributed by atoms with E-state index in [1.807, 2.05) is 37.4 Å². The molecular weight excluding hydrogens is 248 g/mol. The molecule has 0 amide bonds. The summed E-state index contributed by atoms with van der Waals surface area (Å²) in [6.07, 6.45) is 1.82. The van der Waals surface area contributed by atoms with E-state index in [2.05, 4.69) is 15.9 Å². The number of thioether (sulfide) groups is 1. The highest BCUT2D eigenvalue weighted by Gasteiger charge is 2.13. The first-order valence-corrected chi connectivity index (χ1v) is 6.00. The highest BCUT2D eigenvalue weighted by molar-refractivity contribution is 9.10. The quantitative estimate of drug-likeness (QED) is 0.809. The molecule has 0 spiro atoms. The molecule has 0 bridgehead atoms. The molecule has 0 saturated heterocycles. The molecule has 0 unspecified atom stereocenters. The largest absolute Gasteiger partial charge is 0.287 e. The van der Waals surface area contributed by atoms with Gasteiger partial charge in [-0.05, 0) is 24.0 Å². The maximum absolute atomic E-state index is 11.3. The van der Waals surface area contributed by atoms with Crippen molar-refractivity contribution in [3.8, 4) is 0 Å². The van der Waals surface area contributed by atoms with Gasteiger partial charge in [0.05, 0.1) is 5.92 Å². The first-order valence-electron chi connectivity index (χ1n) is 3.98. The molecule has 70 valence electrons. The number of halogens is 1. The standard InChI is InChI=1S/C10H11BrOS/c1-7(10(12)13-2)8-3-5-9(11)6-4-8/h3-7H,1-2H3/t7-/m0/s1. The predicted octanol–water partition coefficient (Wildman–Crippen LogP) is 3.44. The van der Waals surface area contributed by atoms with Gasteiger partial charge in [-0.15, -0.1) is 0 Å². The molecule has 0 radical (unpaired) electrons. The number of hydrogen-bond donors (Lipinski definition) is 0. The number of carbonyl (C=O) groups excluding carboxylic acids is 1. The van der Waals surface area contributed by atoms with Crippen LogP contribution in [-0.2, 0) is 4.79 Å². The summed E-state index contributed by atoms with van der Waals surface area (Å²) in [4.78, 5) is 11.3. The second kappa shape index (κ2) is 4.82. The third-order valence-electron chi connectivity index (χ3n) is 1.92. The molecule has 1 aromatic rings. The van der Waals surface area contributed by atoms with Crippen LogP contribution in [0.2, 0.25) is 0 Å². The summed E-state index contributed by atoms with van der Waals surface area (Å²) in [5, 5.41) is 0.210. The highest BCUT2D eigenvalue weighted by atomic mass is 79.9. The van der Waals surface area contributed by atoms with Crippen molar-refractivity contribution in [2.75, 3.05) is 6.26 Å². The van der Waals surface area contributed by atoms with E-state index < -0.39 is 0 Å². The fourth-order valence-corrected chi connectivity index (χ4v) is 1.82. The van der Waals surface area contributed by atoms with Gasteiger partial charge in [-0.3, -0.25) is 4.79 Å². The van der Waals surface area contributed by atoms with E-state index >= 15 is 0 Å². The van der Waals surface area contributed by atoms with Crippen LogP contribution in [0, 0.1) is 0 Å². The molecule has 1 rings (SSSR count). The van der Waals surface area contributed by atoms with Crippen molar-refractivity contribution in [1.82, 2.24) is 0 Å². The lowest BCUT2D eigenvalue weighted by atomic mass is 10.0. The Morgan fingerprint density at radius 1 is 1.38 bits per heavy atom. The average Bonchev–Trinajstić information content (AvgIpc) is 2.17. The Hall–Kier alpha value is -0.280. The van der Waals surface area contributed by atoms with Gasteiger partial charge in [0.1, 0.15) is 0 Å². The number of carbonyl (C=O) groups is 1. The zero-order valence-corrected chi connectivity index (χ0v) is 9.98. The monoisotopic (exact) mass is 258 g/mol. The Balaban J connectivity index is 2.83. The Bertz CT molecular complexity index is 294. The highest BCUT2D eigenvalue weighted by Crippen LogP contribution is 2.22. The molecule has 1 aromatic carbocycles. The van der Waals surface area contributed by atoms with Gasteiger partial charge < -0.3 is 0 Å². The summed E-state index contributed by atoms with van der Waals surface area (Å²) in [6, 6.07) is 7.87. The summed E-state index contributed by atoms with van der Waals surface area (Å²) in [5.74, 6) is -0.0110. The minimum atomic E-state index is -0.0110. The van der Waals surface area contributed by atoms with E-state index in [-0.39, 0.29) is 11.0 Å². The van der Waals surface area contributed by atoms with E-state index in [9.17, 15) is 4.79 Å². The van der Waals surface area contributed by atoms with Crippen LogP contribution in [0.25, 0.3) is 0 Å². The summed E-state index contributed by atoms with van der Waals surface area (Å²) in [6.45, 7) is 1.93. The molecule has 13 heavy (non-hydrogen) atoms. The van der Waals surface area contributed by atoms with Gasteiger partial charge >= 0.3 is 0 Å². The van der Waals surface area contributed by atoms with E-state index in [0.29, 0.717) is 0 Å². The first kappa shape index (κ1) is 10.8. The molecule has 1 atom stereocenters. The van der Waals surface area contributed by atoms with E-state index in [4.69, 9.17) is 0 Å². The predicted molar refractivity (Wildman–Crippen MR) is 61.1 cm³/mol. The molecular formula is C10H11BrOS. The fraction of sp³-hybridized carbons (Fsp3) is 0.300. The van der Waals surface area contributed by atoms with Crippen LogP contribution in [0.4, 0.5) is 0 Å². The van der Waals surface area contributed by atoms with Crippen LogP contribution >= 0.6 is 27.7 Å². The minimum absolute atomic E-state index is 0.0110. The Morgan fingerprint density at radius 2 is 1.92 bits per heavy atom. The van der Waals surface area contributed by atoms with Crippen molar-refractivity contribution < 1.29 is 4.79 Å². The Labute approximate surface area is 91.0 Å². The van der Waals surface area contributed by atoms with E-state index in [1.54, 1.807) is 0 Å². The molecule has 0 saturated carbocycles. The second-order valence-electron chi connectivity index (χ2n) is 2.80. The van der Waals surface area contributed by atoms with Crippen molar-refractivity contribution in [3.05, 3.63) is 34.3 Å². The lowest BCUT2D eigenvalue weighted by Crippen LogP contribution is -2.03. The van der Waals surface area contributed by atoms with Gasteiger partial charge in [-0.2, -0.15) is 0 Å². The summed E-state index contributed by atoms with van der Waals surface area (Å²) >= 11 is 4.64. The molecule has 3 heteroatoms. The average molecular weight is 259 g/mol. The molecule has 0 aromatic heterocycles. The van der Waals surface area contributed by atoms with Gasteiger partial charge in [0.2, 0.25) is 0 Å². The smallest absolute Gasteiger partial charge is 0.195 e. The number of benzene rings is 1. The SMILES string of the molecule is CSC(=O)[C@@H](C)c1ccc(Br)cc1. The van der Waals surface area contributed by atoms with Crippen LogP contribution in [0.1, 0.15) is 18.4 Å². The van der Waals surface area contributed by atoms with Crippen molar-refractivity contribution in [1.29, 1.82) is 0 Å².